The molecule has 1 aromatic heterocycles. The Labute approximate surface area is 108 Å². The second kappa shape index (κ2) is 5.42. The summed E-state index contributed by atoms with van der Waals surface area (Å²) in [5.41, 5.74) is 0. The zero-order valence-corrected chi connectivity index (χ0v) is 12.3. The van der Waals surface area contributed by atoms with E-state index in [1.54, 1.807) is 12.1 Å². The summed E-state index contributed by atoms with van der Waals surface area (Å²) < 4.78 is 24.0. The van der Waals surface area contributed by atoms with E-state index < -0.39 is 15.6 Å². The standard InChI is InChI=1S/C10H13BrO3S2/c1-7(2)5-16(13,14)6-8(12)9-3-4-10(11)15-9/h3-4,7H,5-6H2,1-2H3. The Morgan fingerprint density at radius 2 is 2.06 bits per heavy atom. The third-order valence-electron chi connectivity index (χ3n) is 1.79. The molecular formula is C10H13BrO3S2. The largest absolute Gasteiger partial charge is 0.292 e. The molecular weight excluding hydrogens is 312 g/mol. The van der Waals surface area contributed by atoms with Crippen LogP contribution in [-0.4, -0.2) is 25.7 Å². The molecule has 0 atom stereocenters. The second-order valence-corrected chi connectivity index (χ2v) is 8.55. The zero-order chi connectivity index (χ0) is 12.3. The molecule has 0 aliphatic carbocycles. The lowest BCUT2D eigenvalue weighted by atomic mass is 10.3. The molecule has 0 fully saturated rings. The van der Waals surface area contributed by atoms with Crippen molar-refractivity contribution in [2.75, 3.05) is 11.5 Å². The van der Waals surface area contributed by atoms with Crippen molar-refractivity contribution < 1.29 is 13.2 Å². The Morgan fingerprint density at radius 3 is 2.50 bits per heavy atom. The van der Waals surface area contributed by atoms with Crippen LogP contribution < -0.4 is 0 Å². The van der Waals surface area contributed by atoms with Gasteiger partial charge in [0, 0.05) is 0 Å². The normalized spacial score (nSPS) is 12.0. The number of sulfone groups is 1. The van der Waals surface area contributed by atoms with Crippen LogP contribution in [0.15, 0.2) is 15.9 Å². The van der Waals surface area contributed by atoms with Gasteiger partial charge in [0.25, 0.3) is 0 Å². The van der Waals surface area contributed by atoms with Crippen molar-refractivity contribution in [1.82, 2.24) is 0 Å². The van der Waals surface area contributed by atoms with Crippen LogP contribution in [0.3, 0.4) is 0 Å². The van der Waals surface area contributed by atoms with Crippen molar-refractivity contribution in [2.45, 2.75) is 13.8 Å². The maximum Gasteiger partial charge on any atom is 0.187 e. The third kappa shape index (κ3) is 4.35. The monoisotopic (exact) mass is 324 g/mol. The van der Waals surface area contributed by atoms with E-state index in [2.05, 4.69) is 15.9 Å². The van der Waals surface area contributed by atoms with Gasteiger partial charge in [-0.15, -0.1) is 11.3 Å². The van der Waals surface area contributed by atoms with E-state index in [4.69, 9.17) is 0 Å². The van der Waals surface area contributed by atoms with Crippen molar-refractivity contribution in [1.29, 1.82) is 0 Å². The fourth-order valence-electron chi connectivity index (χ4n) is 1.30. The molecule has 0 unspecified atom stereocenters. The molecule has 0 aliphatic heterocycles. The molecule has 6 heteroatoms. The van der Waals surface area contributed by atoms with Gasteiger partial charge in [0.2, 0.25) is 0 Å². The van der Waals surface area contributed by atoms with Gasteiger partial charge in [-0.3, -0.25) is 4.79 Å². The van der Waals surface area contributed by atoms with Gasteiger partial charge in [-0.1, -0.05) is 13.8 Å². The lowest BCUT2D eigenvalue weighted by Crippen LogP contribution is -2.21. The van der Waals surface area contributed by atoms with Crippen molar-refractivity contribution in [2.24, 2.45) is 5.92 Å². The highest BCUT2D eigenvalue weighted by Gasteiger charge is 2.20. The number of carbonyl (C=O) groups excluding carboxylic acids is 1. The summed E-state index contributed by atoms with van der Waals surface area (Å²) in [5.74, 6) is -0.604. The summed E-state index contributed by atoms with van der Waals surface area (Å²) in [6.45, 7) is 3.65. The Morgan fingerprint density at radius 1 is 1.44 bits per heavy atom. The van der Waals surface area contributed by atoms with Crippen LogP contribution in [0.4, 0.5) is 0 Å². The van der Waals surface area contributed by atoms with Gasteiger partial charge in [0.05, 0.1) is 14.4 Å². The Kier molecular flexibility index (Phi) is 4.70. The molecule has 0 spiro atoms. The minimum Gasteiger partial charge on any atom is -0.292 e. The molecule has 0 radical (unpaired) electrons. The smallest absolute Gasteiger partial charge is 0.187 e. The molecule has 0 aliphatic rings. The van der Waals surface area contributed by atoms with Crippen molar-refractivity contribution in [3.8, 4) is 0 Å². The van der Waals surface area contributed by atoms with E-state index in [-0.39, 0.29) is 17.5 Å². The molecule has 1 aromatic rings. The zero-order valence-electron chi connectivity index (χ0n) is 9.07. The molecule has 0 saturated carbocycles. The Hall–Kier alpha value is -0.200. The predicted molar refractivity (Wildman–Crippen MR) is 69.8 cm³/mol. The van der Waals surface area contributed by atoms with Crippen molar-refractivity contribution >= 4 is 42.9 Å². The van der Waals surface area contributed by atoms with Crippen molar-refractivity contribution in [3.63, 3.8) is 0 Å². The maximum absolute atomic E-state index is 11.7. The minimum atomic E-state index is -3.28. The molecule has 90 valence electrons. The first kappa shape index (κ1) is 13.9. The van der Waals surface area contributed by atoms with Gasteiger partial charge in [0.15, 0.2) is 15.6 Å². The number of ketones is 1. The number of halogens is 1. The van der Waals surface area contributed by atoms with Crippen LogP contribution in [-0.2, 0) is 9.84 Å². The number of hydrogen-bond donors (Lipinski definition) is 0. The number of hydrogen-bond acceptors (Lipinski definition) is 4. The van der Waals surface area contributed by atoms with E-state index in [0.29, 0.717) is 4.88 Å². The number of rotatable bonds is 5. The van der Waals surface area contributed by atoms with E-state index in [0.717, 1.165) is 3.79 Å². The molecule has 0 aromatic carbocycles. The predicted octanol–water partition coefficient (Wildman–Crippen LogP) is 2.76. The summed E-state index contributed by atoms with van der Waals surface area (Å²) in [7, 11) is -3.28. The maximum atomic E-state index is 11.7. The molecule has 1 rings (SSSR count). The Bertz CT molecular complexity index is 474. The summed E-state index contributed by atoms with van der Waals surface area (Å²) >= 11 is 4.50. The lowest BCUT2D eigenvalue weighted by molar-refractivity contribution is 0.102. The summed E-state index contributed by atoms with van der Waals surface area (Å²) in [6, 6.07) is 3.38. The average Bonchev–Trinajstić information content (AvgIpc) is 2.47. The van der Waals surface area contributed by atoms with Gasteiger partial charge in [0.1, 0.15) is 5.75 Å². The molecule has 0 amide bonds. The first-order chi connectivity index (χ1) is 7.30. The fourth-order valence-corrected chi connectivity index (χ4v) is 4.41. The van der Waals surface area contributed by atoms with Crippen LogP contribution in [0.1, 0.15) is 23.5 Å². The van der Waals surface area contributed by atoms with E-state index >= 15 is 0 Å². The first-order valence-electron chi connectivity index (χ1n) is 4.79. The van der Waals surface area contributed by atoms with Crippen LogP contribution in [0.2, 0.25) is 0 Å². The fraction of sp³-hybridized carbons (Fsp3) is 0.500. The SMILES string of the molecule is CC(C)CS(=O)(=O)CC(=O)c1ccc(Br)s1. The highest BCUT2D eigenvalue weighted by atomic mass is 79.9. The van der Waals surface area contributed by atoms with E-state index in [1.165, 1.54) is 11.3 Å². The number of thiophene rings is 1. The molecule has 0 saturated heterocycles. The highest BCUT2D eigenvalue weighted by molar-refractivity contribution is 9.11. The molecule has 3 nitrogen and oxygen atoms in total. The van der Waals surface area contributed by atoms with Crippen LogP contribution in [0, 0.1) is 5.92 Å². The minimum absolute atomic E-state index is 0.0490. The van der Waals surface area contributed by atoms with Gasteiger partial charge < -0.3 is 0 Å². The highest BCUT2D eigenvalue weighted by Crippen LogP contribution is 2.22. The van der Waals surface area contributed by atoms with Gasteiger partial charge in [-0.2, -0.15) is 0 Å². The molecule has 0 N–H and O–H groups in total. The average molecular weight is 325 g/mol. The Balaban J connectivity index is 2.72. The molecule has 1 heterocycles. The van der Waals surface area contributed by atoms with Crippen molar-refractivity contribution in [3.05, 3.63) is 20.8 Å². The van der Waals surface area contributed by atoms with Gasteiger partial charge in [-0.25, -0.2) is 8.42 Å². The summed E-state index contributed by atoms with van der Waals surface area (Å²) in [6.07, 6.45) is 0. The second-order valence-electron chi connectivity index (χ2n) is 3.98. The number of carbonyl (C=O) groups is 1. The van der Waals surface area contributed by atoms with Gasteiger partial charge >= 0.3 is 0 Å². The quantitative estimate of drug-likeness (QED) is 0.782. The van der Waals surface area contributed by atoms with Crippen LogP contribution in [0.5, 0.6) is 0 Å². The van der Waals surface area contributed by atoms with Crippen LogP contribution in [0.25, 0.3) is 0 Å². The lowest BCUT2D eigenvalue weighted by Gasteiger charge is -2.05. The van der Waals surface area contributed by atoms with Gasteiger partial charge in [-0.05, 0) is 34.0 Å². The van der Waals surface area contributed by atoms with E-state index in [1.807, 2.05) is 13.8 Å². The summed E-state index contributed by atoms with van der Waals surface area (Å²) in [4.78, 5) is 12.2. The topological polar surface area (TPSA) is 51.2 Å². The number of Topliss-reactive ketones (excluding diaryl/α,β-unsaturated/α-hetero) is 1. The van der Waals surface area contributed by atoms with Crippen LogP contribution >= 0.6 is 27.3 Å². The third-order valence-corrected chi connectivity index (χ3v) is 5.33. The molecule has 16 heavy (non-hydrogen) atoms. The molecule has 0 bridgehead atoms. The summed E-state index contributed by atoms with van der Waals surface area (Å²) in [5, 5.41) is 0. The van der Waals surface area contributed by atoms with E-state index in [9.17, 15) is 13.2 Å². The first-order valence-corrected chi connectivity index (χ1v) is 8.22.